The van der Waals surface area contributed by atoms with Crippen LogP contribution < -0.4 is 10.2 Å². The first-order valence-electron chi connectivity index (χ1n) is 7.14. The van der Waals surface area contributed by atoms with Crippen molar-refractivity contribution in [2.45, 2.75) is 26.3 Å². The smallest absolute Gasteiger partial charge is 0.323 e. The van der Waals surface area contributed by atoms with Crippen LogP contribution in [0.2, 0.25) is 0 Å². The quantitative estimate of drug-likeness (QED) is 0.600. The minimum absolute atomic E-state index is 0.0129. The Morgan fingerprint density at radius 3 is 2.57 bits per heavy atom. The van der Waals surface area contributed by atoms with Crippen molar-refractivity contribution in [3.8, 4) is 0 Å². The van der Waals surface area contributed by atoms with Gasteiger partial charge in [0.2, 0.25) is 11.9 Å². The highest BCUT2D eigenvalue weighted by atomic mass is 16.5. The summed E-state index contributed by atoms with van der Waals surface area (Å²) in [5.41, 5.74) is 0. The monoisotopic (exact) mass is 324 g/mol. The van der Waals surface area contributed by atoms with Gasteiger partial charge in [-0.25, -0.2) is 9.97 Å². The van der Waals surface area contributed by atoms with Gasteiger partial charge in [0.05, 0.1) is 19.1 Å². The number of aromatic nitrogens is 2. The van der Waals surface area contributed by atoms with Crippen LogP contribution in [0.3, 0.4) is 0 Å². The van der Waals surface area contributed by atoms with Gasteiger partial charge in [0.25, 0.3) is 0 Å². The van der Waals surface area contributed by atoms with Crippen molar-refractivity contribution in [3.05, 3.63) is 18.5 Å². The molecular weight excluding hydrogens is 304 g/mol. The number of rotatable bonds is 9. The van der Waals surface area contributed by atoms with E-state index in [2.05, 4.69) is 15.3 Å². The van der Waals surface area contributed by atoms with Crippen LogP contribution in [0.1, 0.15) is 20.3 Å². The van der Waals surface area contributed by atoms with E-state index in [1.165, 1.54) is 12.4 Å². The molecule has 0 aliphatic carbocycles. The SMILES string of the molecule is CCOC(=O)CCN[C@@H](C)C(=O)N(CC(=O)O)c1ncccn1. The number of nitrogens with zero attached hydrogens (tertiary/aromatic N) is 3. The van der Waals surface area contributed by atoms with Crippen LogP contribution >= 0.6 is 0 Å². The average Bonchev–Trinajstić information content (AvgIpc) is 2.52. The number of carboxylic acid groups (broad SMARTS) is 1. The first kappa shape index (κ1) is 18.5. The van der Waals surface area contributed by atoms with Crippen LogP contribution in [-0.2, 0) is 19.1 Å². The molecule has 1 atom stereocenters. The topological polar surface area (TPSA) is 122 Å². The zero-order valence-corrected chi connectivity index (χ0v) is 13.1. The highest BCUT2D eigenvalue weighted by molar-refractivity contribution is 5.98. The van der Waals surface area contributed by atoms with Crippen molar-refractivity contribution >= 4 is 23.8 Å². The molecule has 1 aromatic rings. The molecule has 23 heavy (non-hydrogen) atoms. The fraction of sp³-hybridized carbons (Fsp3) is 0.500. The molecule has 0 fully saturated rings. The third kappa shape index (κ3) is 6.39. The molecule has 0 unspecified atom stereocenters. The number of anilines is 1. The third-order valence-electron chi connectivity index (χ3n) is 2.81. The number of hydrogen-bond acceptors (Lipinski definition) is 7. The lowest BCUT2D eigenvalue weighted by atomic mass is 10.2. The summed E-state index contributed by atoms with van der Waals surface area (Å²) < 4.78 is 4.78. The standard InChI is InChI=1S/C14H20N4O5/c1-3-23-12(21)5-8-15-10(2)13(22)18(9-11(19)20)14-16-6-4-7-17-14/h4,6-7,10,15H,3,5,8-9H2,1-2H3,(H,19,20)/t10-/m0/s1. The lowest BCUT2D eigenvalue weighted by Gasteiger charge is -2.22. The van der Waals surface area contributed by atoms with E-state index in [4.69, 9.17) is 9.84 Å². The van der Waals surface area contributed by atoms with Gasteiger partial charge in [0.1, 0.15) is 6.54 Å². The van der Waals surface area contributed by atoms with Gasteiger partial charge in [-0.1, -0.05) is 0 Å². The highest BCUT2D eigenvalue weighted by Gasteiger charge is 2.25. The zero-order chi connectivity index (χ0) is 17.2. The van der Waals surface area contributed by atoms with E-state index in [1.54, 1.807) is 19.9 Å². The molecule has 0 saturated carbocycles. The van der Waals surface area contributed by atoms with Crippen molar-refractivity contribution in [1.29, 1.82) is 0 Å². The number of aliphatic carboxylic acids is 1. The van der Waals surface area contributed by atoms with Gasteiger partial charge in [-0.3, -0.25) is 19.3 Å². The molecule has 1 rings (SSSR count). The number of hydrogen-bond donors (Lipinski definition) is 2. The van der Waals surface area contributed by atoms with Crippen LogP contribution in [0.15, 0.2) is 18.5 Å². The highest BCUT2D eigenvalue weighted by Crippen LogP contribution is 2.07. The third-order valence-corrected chi connectivity index (χ3v) is 2.81. The van der Waals surface area contributed by atoms with Gasteiger partial charge in [-0.15, -0.1) is 0 Å². The molecule has 9 heteroatoms. The molecule has 1 aromatic heterocycles. The van der Waals surface area contributed by atoms with Gasteiger partial charge in [-0.05, 0) is 19.9 Å². The molecule has 0 radical (unpaired) electrons. The molecule has 0 aromatic carbocycles. The molecular formula is C14H20N4O5. The van der Waals surface area contributed by atoms with Gasteiger partial charge < -0.3 is 15.2 Å². The van der Waals surface area contributed by atoms with E-state index in [0.29, 0.717) is 6.61 Å². The van der Waals surface area contributed by atoms with Crippen molar-refractivity contribution in [3.63, 3.8) is 0 Å². The molecule has 2 N–H and O–H groups in total. The Hall–Kier alpha value is -2.55. The normalized spacial score (nSPS) is 11.6. The van der Waals surface area contributed by atoms with Gasteiger partial charge >= 0.3 is 11.9 Å². The predicted molar refractivity (Wildman–Crippen MR) is 80.7 cm³/mol. The minimum atomic E-state index is -1.18. The summed E-state index contributed by atoms with van der Waals surface area (Å²) in [5.74, 6) is -2.03. The number of amides is 1. The fourth-order valence-electron chi connectivity index (χ4n) is 1.76. The molecule has 0 spiro atoms. The van der Waals surface area contributed by atoms with E-state index >= 15 is 0 Å². The second-order valence-electron chi connectivity index (χ2n) is 4.60. The van der Waals surface area contributed by atoms with E-state index in [0.717, 1.165) is 4.90 Å². The molecule has 0 aliphatic rings. The Bertz CT molecular complexity index is 537. The van der Waals surface area contributed by atoms with E-state index in [-0.39, 0.29) is 24.9 Å². The van der Waals surface area contributed by atoms with Crippen LogP contribution in [-0.4, -0.2) is 58.7 Å². The summed E-state index contributed by atoms with van der Waals surface area (Å²) in [6, 6.07) is 0.862. The lowest BCUT2D eigenvalue weighted by molar-refractivity contribution is -0.143. The number of carbonyl (C=O) groups is 3. The van der Waals surface area contributed by atoms with Crippen molar-refractivity contribution < 1.29 is 24.2 Å². The maximum absolute atomic E-state index is 12.4. The number of ether oxygens (including phenoxy) is 1. The summed E-state index contributed by atoms with van der Waals surface area (Å²) in [6.07, 6.45) is 2.96. The van der Waals surface area contributed by atoms with E-state index in [9.17, 15) is 14.4 Å². The number of esters is 1. The van der Waals surface area contributed by atoms with Crippen LogP contribution in [0.4, 0.5) is 5.95 Å². The van der Waals surface area contributed by atoms with Gasteiger partial charge in [0.15, 0.2) is 0 Å². The first-order valence-corrected chi connectivity index (χ1v) is 7.14. The second-order valence-corrected chi connectivity index (χ2v) is 4.60. The molecule has 9 nitrogen and oxygen atoms in total. The summed E-state index contributed by atoms with van der Waals surface area (Å²) >= 11 is 0. The van der Waals surface area contributed by atoms with Crippen molar-refractivity contribution in [2.24, 2.45) is 0 Å². The Morgan fingerprint density at radius 1 is 1.35 bits per heavy atom. The summed E-state index contributed by atoms with van der Waals surface area (Å²) in [4.78, 5) is 43.3. The zero-order valence-electron chi connectivity index (χ0n) is 13.1. The fourth-order valence-corrected chi connectivity index (χ4v) is 1.76. The first-order chi connectivity index (χ1) is 11.0. The molecule has 0 aliphatic heterocycles. The molecule has 126 valence electrons. The molecule has 0 saturated heterocycles. The largest absolute Gasteiger partial charge is 0.480 e. The van der Waals surface area contributed by atoms with Gasteiger partial charge in [0, 0.05) is 18.9 Å². The Balaban J connectivity index is 2.65. The van der Waals surface area contributed by atoms with Crippen LogP contribution in [0.25, 0.3) is 0 Å². The van der Waals surface area contributed by atoms with Crippen molar-refractivity contribution in [2.75, 3.05) is 24.6 Å². The maximum atomic E-state index is 12.4. The lowest BCUT2D eigenvalue weighted by Crippen LogP contribution is -2.48. The van der Waals surface area contributed by atoms with Crippen LogP contribution in [0.5, 0.6) is 0 Å². The summed E-state index contributed by atoms with van der Waals surface area (Å²) in [5, 5.41) is 11.8. The predicted octanol–water partition coefficient (Wildman–Crippen LogP) is -0.174. The minimum Gasteiger partial charge on any atom is -0.480 e. The summed E-state index contributed by atoms with van der Waals surface area (Å²) in [6.45, 7) is 3.27. The maximum Gasteiger partial charge on any atom is 0.323 e. The molecule has 1 heterocycles. The number of carbonyl (C=O) groups excluding carboxylic acids is 2. The molecule has 0 bridgehead atoms. The average molecular weight is 324 g/mol. The molecule has 1 amide bonds. The Kier molecular flexibility index (Phi) is 7.61. The number of carboxylic acids is 1. The van der Waals surface area contributed by atoms with Crippen LogP contribution in [0, 0.1) is 0 Å². The Morgan fingerprint density at radius 2 is 2.00 bits per heavy atom. The summed E-state index contributed by atoms with van der Waals surface area (Å²) in [7, 11) is 0. The van der Waals surface area contributed by atoms with E-state index < -0.39 is 24.5 Å². The van der Waals surface area contributed by atoms with E-state index in [1.807, 2.05) is 0 Å². The number of nitrogens with one attached hydrogen (secondary N) is 1. The second kappa shape index (κ2) is 9.46. The van der Waals surface area contributed by atoms with Crippen molar-refractivity contribution in [1.82, 2.24) is 15.3 Å². The van der Waals surface area contributed by atoms with Gasteiger partial charge in [-0.2, -0.15) is 0 Å². The Labute approximate surface area is 133 Å².